The molecule has 0 radical (unpaired) electrons. The summed E-state index contributed by atoms with van der Waals surface area (Å²) in [5, 5.41) is 6.54. The maximum Gasteiger partial charge on any atom is 0.471 e. The molecule has 7 nitrogen and oxygen atoms in total. The highest BCUT2D eigenvalue weighted by Gasteiger charge is 2.38. The molecule has 2 heterocycles. The van der Waals surface area contributed by atoms with Gasteiger partial charge in [-0.25, -0.2) is 0 Å². The van der Waals surface area contributed by atoms with Crippen LogP contribution in [0.25, 0.3) is 11.4 Å². The Labute approximate surface area is 147 Å². The number of anilines is 1. The summed E-state index contributed by atoms with van der Waals surface area (Å²) in [5.41, 5.74) is 0.964. The van der Waals surface area contributed by atoms with Crippen LogP contribution in [0.5, 0.6) is 0 Å². The van der Waals surface area contributed by atoms with Crippen molar-refractivity contribution in [1.29, 1.82) is 0 Å². The third-order valence-corrected chi connectivity index (χ3v) is 3.97. The molecule has 0 bridgehead atoms. The molecule has 1 aromatic heterocycles. The SMILES string of the molecule is CN(C(=O)C[C@H]1COCCN1)c1ccc(-c2noc(C(F)(F)F)n2)cc1. The van der Waals surface area contributed by atoms with Crippen LogP contribution >= 0.6 is 0 Å². The van der Waals surface area contributed by atoms with E-state index in [1.165, 1.54) is 17.0 Å². The molecule has 1 saturated heterocycles. The van der Waals surface area contributed by atoms with Gasteiger partial charge in [-0.3, -0.25) is 4.79 Å². The second-order valence-corrected chi connectivity index (χ2v) is 5.85. The highest BCUT2D eigenvalue weighted by Crippen LogP contribution is 2.29. The molecule has 1 N–H and O–H groups in total. The second kappa shape index (κ2) is 7.42. The van der Waals surface area contributed by atoms with Crippen LogP contribution in [-0.2, 0) is 15.7 Å². The van der Waals surface area contributed by atoms with Crippen LogP contribution in [0.3, 0.4) is 0 Å². The van der Waals surface area contributed by atoms with Crippen LogP contribution in [0.15, 0.2) is 28.8 Å². The van der Waals surface area contributed by atoms with Gasteiger partial charge in [0.05, 0.1) is 13.2 Å². The molecule has 0 saturated carbocycles. The van der Waals surface area contributed by atoms with Crippen molar-refractivity contribution in [2.75, 3.05) is 31.7 Å². The molecular formula is C16H17F3N4O3. The van der Waals surface area contributed by atoms with Gasteiger partial charge in [0, 0.05) is 37.3 Å². The van der Waals surface area contributed by atoms with Crippen LogP contribution in [0.4, 0.5) is 18.9 Å². The van der Waals surface area contributed by atoms with Crippen LogP contribution in [0.1, 0.15) is 12.3 Å². The molecule has 0 unspecified atom stereocenters. The number of hydrogen-bond acceptors (Lipinski definition) is 6. The molecular weight excluding hydrogens is 353 g/mol. The standard InChI is InChI=1S/C16H17F3N4O3/c1-23(13(24)8-11-9-25-7-6-20-11)12-4-2-10(3-5-12)14-21-15(26-22-14)16(17,18)19/h2-5,11,20H,6-9H2,1H3/t11-/m0/s1. The van der Waals surface area contributed by atoms with Crippen LogP contribution in [0.2, 0.25) is 0 Å². The molecule has 1 amide bonds. The number of halogens is 3. The first-order chi connectivity index (χ1) is 12.3. The van der Waals surface area contributed by atoms with Gasteiger partial charge in [0.1, 0.15) is 0 Å². The zero-order valence-electron chi connectivity index (χ0n) is 13.9. The first kappa shape index (κ1) is 18.3. The van der Waals surface area contributed by atoms with E-state index in [4.69, 9.17) is 4.74 Å². The maximum atomic E-state index is 12.5. The fourth-order valence-electron chi connectivity index (χ4n) is 2.53. The second-order valence-electron chi connectivity index (χ2n) is 5.85. The van der Waals surface area contributed by atoms with E-state index in [0.717, 1.165) is 0 Å². The molecule has 1 atom stereocenters. The fraction of sp³-hybridized carbons (Fsp3) is 0.438. The molecule has 0 aliphatic carbocycles. The topological polar surface area (TPSA) is 80.5 Å². The molecule has 3 rings (SSSR count). The summed E-state index contributed by atoms with van der Waals surface area (Å²) in [4.78, 5) is 17.2. The number of ether oxygens (including phenoxy) is 1. The number of carbonyl (C=O) groups excluding carboxylic acids is 1. The quantitative estimate of drug-likeness (QED) is 0.888. The Morgan fingerprint density at radius 1 is 1.35 bits per heavy atom. The smallest absolute Gasteiger partial charge is 0.378 e. The predicted octanol–water partition coefficient (Wildman–Crippen LogP) is 2.10. The molecule has 1 aliphatic rings. The van der Waals surface area contributed by atoms with Crippen molar-refractivity contribution >= 4 is 11.6 Å². The lowest BCUT2D eigenvalue weighted by molar-refractivity contribution is -0.159. The minimum atomic E-state index is -4.69. The molecule has 1 aromatic carbocycles. The van der Waals surface area contributed by atoms with Crippen molar-refractivity contribution in [1.82, 2.24) is 15.5 Å². The Morgan fingerprint density at radius 2 is 2.08 bits per heavy atom. The van der Waals surface area contributed by atoms with Crippen LogP contribution < -0.4 is 10.2 Å². The summed E-state index contributed by atoms with van der Waals surface area (Å²) in [7, 11) is 1.64. The van der Waals surface area contributed by atoms with E-state index in [0.29, 0.717) is 31.0 Å². The van der Waals surface area contributed by atoms with Gasteiger partial charge >= 0.3 is 12.1 Å². The molecule has 140 valence electrons. The Balaban J connectivity index is 1.66. The first-order valence-corrected chi connectivity index (χ1v) is 7.93. The minimum absolute atomic E-state index is 0.0295. The summed E-state index contributed by atoms with van der Waals surface area (Å²) in [6.45, 7) is 1.83. The molecule has 1 fully saturated rings. The zero-order chi connectivity index (χ0) is 18.7. The molecule has 1 aliphatic heterocycles. The van der Waals surface area contributed by atoms with Gasteiger partial charge in [-0.15, -0.1) is 0 Å². The third kappa shape index (κ3) is 4.20. The lowest BCUT2D eigenvalue weighted by Gasteiger charge is -2.25. The zero-order valence-corrected chi connectivity index (χ0v) is 13.9. The van der Waals surface area contributed by atoms with Gasteiger partial charge in [0.2, 0.25) is 11.7 Å². The van der Waals surface area contributed by atoms with Gasteiger partial charge in [0.15, 0.2) is 0 Å². The number of alkyl halides is 3. The number of hydrogen-bond donors (Lipinski definition) is 1. The van der Waals surface area contributed by atoms with Crippen LogP contribution in [-0.4, -0.2) is 48.9 Å². The fourth-order valence-corrected chi connectivity index (χ4v) is 2.53. The van der Waals surface area contributed by atoms with E-state index in [1.807, 2.05) is 0 Å². The highest BCUT2D eigenvalue weighted by molar-refractivity contribution is 5.93. The number of rotatable bonds is 4. The van der Waals surface area contributed by atoms with Gasteiger partial charge in [-0.2, -0.15) is 18.2 Å². The minimum Gasteiger partial charge on any atom is -0.378 e. The van der Waals surface area contributed by atoms with Gasteiger partial charge in [-0.05, 0) is 24.3 Å². The first-order valence-electron chi connectivity index (χ1n) is 7.93. The number of morpholine rings is 1. The largest absolute Gasteiger partial charge is 0.471 e. The van der Waals surface area contributed by atoms with Crippen molar-refractivity contribution < 1.29 is 27.2 Å². The summed E-state index contributed by atoms with van der Waals surface area (Å²) >= 11 is 0. The Bertz CT molecular complexity index is 755. The van der Waals surface area contributed by atoms with Gasteiger partial charge < -0.3 is 19.5 Å². The van der Waals surface area contributed by atoms with E-state index < -0.39 is 12.1 Å². The normalized spacial score (nSPS) is 17.9. The molecule has 26 heavy (non-hydrogen) atoms. The summed E-state index contributed by atoms with van der Waals surface area (Å²) in [6.07, 6.45) is -4.40. The van der Waals surface area contributed by atoms with Crippen molar-refractivity contribution in [3.8, 4) is 11.4 Å². The molecule has 10 heteroatoms. The average Bonchev–Trinajstić information content (AvgIpc) is 3.12. The van der Waals surface area contributed by atoms with E-state index in [9.17, 15) is 18.0 Å². The lowest BCUT2D eigenvalue weighted by Crippen LogP contribution is -2.44. The Kier molecular flexibility index (Phi) is 5.23. The van der Waals surface area contributed by atoms with Gasteiger partial charge in [0.25, 0.3) is 0 Å². The Morgan fingerprint density at radius 3 is 2.65 bits per heavy atom. The predicted molar refractivity (Wildman–Crippen MR) is 85.4 cm³/mol. The number of aromatic nitrogens is 2. The number of carbonyl (C=O) groups is 1. The van der Waals surface area contributed by atoms with E-state index in [1.54, 1.807) is 19.2 Å². The van der Waals surface area contributed by atoms with Crippen molar-refractivity contribution in [3.63, 3.8) is 0 Å². The maximum absolute atomic E-state index is 12.5. The lowest BCUT2D eigenvalue weighted by atomic mass is 10.1. The third-order valence-electron chi connectivity index (χ3n) is 3.97. The highest BCUT2D eigenvalue weighted by atomic mass is 19.4. The van der Waals surface area contributed by atoms with Gasteiger partial charge in [-0.1, -0.05) is 5.16 Å². The number of amides is 1. The Hall–Kier alpha value is -2.46. The molecule has 2 aromatic rings. The van der Waals surface area contributed by atoms with E-state index >= 15 is 0 Å². The monoisotopic (exact) mass is 370 g/mol. The summed E-state index contributed by atoms with van der Waals surface area (Å²) in [5.74, 6) is -1.66. The number of benzene rings is 1. The number of nitrogens with one attached hydrogen (secondary N) is 1. The van der Waals surface area contributed by atoms with Crippen molar-refractivity contribution in [3.05, 3.63) is 30.2 Å². The van der Waals surface area contributed by atoms with E-state index in [2.05, 4.69) is 20.0 Å². The number of nitrogens with zero attached hydrogens (tertiary/aromatic N) is 3. The van der Waals surface area contributed by atoms with E-state index in [-0.39, 0.29) is 24.2 Å². The van der Waals surface area contributed by atoms with Crippen LogP contribution in [0, 0.1) is 0 Å². The van der Waals surface area contributed by atoms with Crippen molar-refractivity contribution in [2.45, 2.75) is 18.6 Å². The summed E-state index contributed by atoms with van der Waals surface area (Å²) in [6, 6.07) is 6.26. The molecule has 0 spiro atoms. The van der Waals surface area contributed by atoms with Crippen molar-refractivity contribution in [2.24, 2.45) is 0 Å². The summed E-state index contributed by atoms with van der Waals surface area (Å²) < 4.78 is 47.1. The average molecular weight is 370 g/mol.